The molecule has 0 radical (unpaired) electrons. The van der Waals surface area contributed by atoms with Gasteiger partial charge < -0.3 is 5.32 Å². The fraction of sp³-hybridized carbons (Fsp3) is 0.786. The molecular formula is C14H23N3S. The molecule has 1 aromatic heterocycles. The molecule has 0 bridgehead atoms. The van der Waals surface area contributed by atoms with Crippen LogP contribution in [0.2, 0.25) is 0 Å². The second kappa shape index (κ2) is 5.68. The molecule has 4 heteroatoms. The molecule has 3 rings (SSSR count). The Morgan fingerprint density at radius 1 is 1.39 bits per heavy atom. The van der Waals surface area contributed by atoms with Crippen molar-refractivity contribution < 1.29 is 0 Å². The monoisotopic (exact) mass is 265 g/mol. The summed E-state index contributed by atoms with van der Waals surface area (Å²) in [5, 5.41) is 6.85. The zero-order chi connectivity index (χ0) is 12.4. The smallest absolute Gasteiger partial charge is 0.109 e. The second-order valence-corrected chi connectivity index (χ2v) is 6.59. The third-order valence-electron chi connectivity index (χ3n) is 4.25. The first-order valence-corrected chi connectivity index (χ1v) is 8.08. The Kier molecular flexibility index (Phi) is 3.97. The molecule has 1 saturated heterocycles. The molecule has 1 N–H and O–H groups in total. The summed E-state index contributed by atoms with van der Waals surface area (Å²) in [6.07, 6.45) is 7.40. The van der Waals surface area contributed by atoms with Crippen molar-refractivity contribution in [1.82, 2.24) is 15.2 Å². The SMILES string of the molecule is CC(c1nccs1)N(CC1CCNCC1)C1CC1. The lowest BCUT2D eigenvalue weighted by molar-refractivity contribution is 0.152. The summed E-state index contributed by atoms with van der Waals surface area (Å²) in [7, 11) is 0. The van der Waals surface area contributed by atoms with Crippen molar-refractivity contribution in [3.8, 4) is 0 Å². The second-order valence-electron chi connectivity index (χ2n) is 5.67. The van der Waals surface area contributed by atoms with Crippen LogP contribution in [-0.4, -0.2) is 35.6 Å². The van der Waals surface area contributed by atoms with Gasteiger partial charge in [0, 0.05) is 24.2 Å². The van der Waals surface area contributed by atoms with Crippen molar-refractivity contribution in [2.45, 2.75) is 44.7 Å². The van der Waals surface area contributed by atoms with Gasteiger partial charge in [0.2, 0.25) is 0 Å². The van der Waals surface area contributed by atoms with Gasteiger partial charge in [0.15, 0.2) is 0 Å². The predicted octanol–water partition coefficient (Wildman–Crippen LogP) is 2.67. The summed E-state index contributed by atoms with van der Waals surface area (Å²) in [5.74, 6) is 0.884. The van der Waals surface area contributed by atoms with Gasteiger partial charge in [0.1, 0.15) is 5.01 Å². The normalized spacial score (nSPS) is 23.4. The summed E-state index contributed by atoms with van der Waals surface area (Å²) >= 11 is 1.80. The number of hydrogen-bond acceptors (Lipinski definition) is 4. The van der Waals surface area contributed by atoms with E-state index in [4.69, 9.17) is 0 Å². The van der Waals surface area contributed by atoms with E-state index in [2.05, 4.69) is 27.5 Å². The van der Waals surface area contributed by atoms with Crippen LogP contribution in [0.25, 0.3) is 0 Å². The number of thiazole rings is 1. The summed E-state index contributed by atoms with van der Waals surface area (Å²) in [4.78, 5) is 7.22. The highest BCUT2D eigenvalue weighted by Gasteiger charge is 2.35. The molecule has 1 aliphatic carbocycles. The number of piperidine rings is 1. The molecule has 2 heterocycles. The van der Waals surface area contributed by atoms with E-state index in [-0.39, 0.29) is 0 Å². The Morgan fingerprint density at radius 2 is 2.17 bits per heavy atom. The summed E-state index contributed by atoms with van der Waals surface area (Å²) in [6, 6.07) is 1.34. The predicted molar refractivity (Wildman–Crippen MR) is 75.9 cm³/mol. The van der Waals surface area contributed by atoms with Gasteiger partial charge >= 0.3 is 0 Å². The van der Waals surface area contributed by atoms with E-state index in [0.29, 0.717) is 6.04 Å². The molecule has 1 aliphatic heterocycles. The van der Waals surface area contributed by atoms with E-state index < -0.39 is 0 Å². The molecule has 0 spiro atoms. The summed E-state index contributed by atoms with van der Waals surface area (Å²) in [5.41, 5.74) is 0. The standard InChI is InChI=1S/C14H23N3S/c1-11(14-16-8-9-18-14)17(13-2-3-13)10-12-4-6-15-7-5-12/h8-9,11-13,15H,2-7,10H2,1H3. The lowest BCUT2D eigenvalue weighted by atomic mass is 9.97. The Labute approximate surface area is 114 Å². The van der Waals surface area contributed by atoms with Gasteiger partial charge in [-0.25, -0.2) is 4.98 Å². The fourth-order valence-corrected chi connectivity index (χ4v) is 3.69. The number of nitrogens with one attached hydrogen (secondary N) is 1. The lowest BCUT2D eigenvalue weighted by Crippen LogP contribution is -2.38. The Morgan fingerprint density at radius 3 is 2.78 bits per heavy atom. The third kappa shape index (κ3) is 2.92. The molecule has 1 atom stereocenters. The Hall–Kier alpha value is -0.450. The molecule has 3 nitrogen and oxygen atoms in total. The largest absolute Gasteiger partial charge is 0.317 e. The first-order chi connectivity index (χ1) is 8.84. The minimum atomic E-state index is 0.507. The van der Waals surface area contributed by atoms with Gasteiger partial charge in [-0.05, 0) is 51.6 Å². The zero-order valence-corrected chi connectivity index (χ0v) is 12.0. The zero-order valence-electron chi connectivity index (χ0n) is 11.1. The van der Waals surface area contributed by atoms with Crippen LogP contribution >= 0.6 is 11.3 Å². The molecular weight excluding hydrogens is 242 g/mol. The van der Waals surface area contributed by atoms with Gasteiger partial charge in [-0.2, -0.15) is 0 Å². The number of aromatic nitrogens is 1. The minimum Gasteiger partial charge on any atom is -0.317 e. The van der Waals surface area contributed by atoms with E-state index in [1.807, 2.05) is 6.20 Å². The topological polar surface area (TPSA) is 28.2 Å². The van der Waals surface area contributed by atoms with Crippen LogP contribution in [0, 0.1) is 5.92 Å². The number of nitrogens with zero attached hydrogens (tertiary/aromatic N) is 2. The van der Waals surface area contributed by atoms with Crippen LogP contribution in [0.1, 0.15) is 43.7 Å². The minimum absolute atomic E-state index is 0.507. The highest BCUT2D eigenvalue weighted by molar-refractivity contribution is 7.09. The van der Waals surface area contributed by atoms with Crippen LogP contribution in [0.3, 0.4) is 0 Å². The fourth-order valence-electron chi connectivity index (χ4n) is 2.97. The van der Waals surface area contributed by atoms with Crippen LogP contribution in [0.4, 0.5) is 0 Å². The van der Waals surface area contributed by atoms with Crippen molar-refractivity contribution in [1.29, 1.82) is 0 Å². The van der Waals surface area contributed by atoms with Crippen LogP contribution in [0.5, 0.6) is 0 Å². The molecule has 0 amide bonds. The maximum absolute atomic E-state index is 4.50. The quantitative estimate of drug-likeness (QED) is 0.887. The number of rotatable bonds is 5. The molecule has 1 aromatic rings. The van der Waals surface area contributed by atoms with Crippen molar-refractivity contribution in [2.75, 3.05) is 19.6 Å². The molecule has 1 saturated carbocycles. The Bertz CT molecular complexity index is 355. The Balaban J connectivity index is 1.64. The van der Waals surface area contributed by atoms with Crippen LogP contribution < -0.4 is 5.32 Å². The molecule has 18 heavy (non-hydrogen) atoms. The maximum Gasteiger partial charge on any atom is 0.109 e. The first-order valence-electron chi connectivity index (χ1n) is 7.20. The van der Waals surface area contributed by atoms with Gasteiger partial charge in [-0.15, -0.1) is 11.3 Å². The van der Waals surface area contributed by atoms with E-state index in [1.165, 1.54) is 50.3 Å². The number of hydrogen-bond donors (Lipinski definition) is 1. The average Bonchev–Trinajstić information content (AvgIpc) is 3.10. The van der Waals surface area contributed by atoms with E-state index >= 15 is 0 Å². The van der Waals surface area contributed by atoms with Crippen LogP contribution in [0.15, 0.2) is 11.6 Å². The third-order valence-corrected chi connectivity index (χ3v) is 5.20. The molecule has 0 aromatic carbocycles. The van der Waals surface area contributed by atoms with Crippen molar-refractivity contribution >= 4 is 11.3 Å². The van der Waals surface area contributed by atoms with E-state index in [0.717, 1.165) is 12.0 Å². The highest BCUT2D eigenvalue weighted by Crippen LogP contribution is 2.36. The van der Waals surface area contributed by atoms with E-state index in [9.17, 15) is 0 Å². The highest BCUT2D eigenvalue weighted by atomic mass is 32.1. The van der Waals surface area contributed by atoms with Gasteiger partial charge in [0.25, 0.3) is 0 Å². The lowest BCUT2D eigenvalue weighted by Gasteiger charge is -2.33. The molecule has 2 fully saturated rings. The average molecular weight is 265 g/mol. The van der Waals surface area contributed by atoms with E-state index in [1.54, 1.807) is 11.3 Å². The molecule has 100 valence electrons. The van der Waals surface area contributed by atoms with Crippen molar-refractivity contribution in [2.24, 2.45) is 5.92 Å². The van der Waals surface area contributed by atoms with Crippen molar-refractivity contribution in [3.63, 3.8) is 0 Å². The first kappa shape index (κ1) is 12.6. The van der Waals surface area contributed by atoms with Gasteiger partial charge in [-0.1, -0.05) is 0 Å². The maximum atomic E-state index is 4.50. The van der Waals surface area contributed by atoms with Gasteiger partial charge in [0.05, 0.1) is 6.04 Å². The molecule has 1 unspecified atom stereocenters. The molecule has 2 aliphatic rings. The van der Waals surface area contributed by atoms with Crippen molar-refractivity contribution in [3.05, 3.63) is 16.6 Å². The van der Waals surface area contributed by atoms with Crippen LogP contribution in [-0.2, 0) is 0 Å². The summed E-state index contributed by atoms with van der Waals surface area (Å²) in [6.45, 7) is 6.01. The van der Waals surface area contributed by atoms with Gasteiger partial charge in [-0.3, -0.25) is 4.90 Å². The summed E-state index contributed by atoms with van der Waals surface area (Å²) < 4.78 is 0.